The van der Waals surface area contributed by atoms with E-state index in [1.807, 2.05) is 38.4 Å². The maximum atomic E-state index is 5.62. The summed E-state index contributed by atoms with van der Waals surface area (Å²) in [6.07, 6.45) is 8.04. The highest BCUT2D eigenvalue weighted by Gasteiger charge is 2.23. The lowest BCUT2D eigenvalue weighted by Crippen LogP contribution is -2.31. The molecule has 0 spiro atoms. The van der Waals surface area contributed by atoms with Crippen LogP contribution in [0, 0.1) is 12.8 Å². The van der Waals surface area contributed by atoms with E-state index >= 15 is 0 Å². The standard InChI is InChI=1S/C40H50N6O2/c1-7-8-11-28-20-26(2)38-33(21-28)30(22-35(43-38)29-16-19-36(47-5)37(23-29)48-6)25-41-24-27-14-17-31(18-15-27)42-40-44-34-13-10-9-12-32(34)39(45-40)46(3)4/h9-10,12-13,16,19-23,27,31,41H,7-8,11,14-15,17-18,24-25H2,1-6H3,(H,42,44,45)/t27-,31+. The first-order valence-electron chi connectivity index (χ1n) is 17.4. The van der Waals surface area contributed by atoms with Crippen molar-refractivity contribution in [1.82, 2.24) is 20.3 Å². The van der Waals surface area contributed by atoms with Gasteiger partial charge in [-0.3, -0.25) is 0 Å². The first-order chi connectivity index (χ1) is 23.4. The molecule has 0 saturated heterocycles. The Balaban J connectivity index is 1.15. The Hall–Kier alpha value is -4.43. The molecule has 1 fully saturated rings. The Kier molecular flexibility index (Phi) is 10.6. The fourth-order valence-corrected chi connectivity index (χ4v) is 7.03. The first-order valence-corrected chi connectivity index (χ1v) is 17.4. The zero-order chi connectivity index (χ0) is 33.6. The molecule has 0 bridgehead atoms. The molecule has 48 heavy (non-hydrogen) atoms. The van der Waals surface area contributed by atoms with Crippen molar-refractivity contribution in [2.24, 2.45) is 5.92 Å². The van der Waals surface area contributed by atoms with Crippen molar-refractivity contribution in [3.05, 3.63) is 77.4 Å². The van der Waals surface area contributed by atoms with Crippen LogP contribution < -0.4 is 25.0 Å². The van der Waals surface area contributed by atoms with Gasteiger partial charge in [-0.05, 0) is 117 Å². The summed E-state index contributed by atoms with van der Waals surface area (Å²) >= 11 is 0. The molecule has 1 aliphatic carbocycles. The molecule has 2 N–H and O–H groups in total. The zero-order valence-corrected chi connectivity index (χ0v) is 29.4. The summed E-state index contributed by atoms with van der Waals surface area (Å²) in [5.74, 6) is 3.74. The van der Waals surface area contributed by atoms with Gasteiger partial charge in [0, 0.05) is 43.0 Å². The third-order valence-electron chi connectivity index (χ3n) is 9.68. The number of rotatable bonds is 13. The molecular formula is C40H50N6O2. The Morgan fingerprint density at radius 2 is 1.65 bits per heavy atom. The van der Waals surface area contributed by atoms with E-state index in [1.165, 1.54) is 47.8 Å². The second-order valence-electron chi connectivity index (χ2n) is 13.4. The van der Waals surface area contributed by atoms with Gasteiger partial charge in [0.05, 0.1) is 30.9 Å². The molecule has 2 heterocycles. The van der Waals surface area contributed by atoms with Crippen LogP contribution in [-0.2, 0) is 13.0 Å². The number of pyridine rings is 1. The number of aromatic nitrogens is 3. The zero-order valence-electron chi connectivity index (χ0n) is 29.4. The van der Waals surface area contributed by atoms with Gasteiger partial charge in [-0.25, -0.2) is 9.97 Å². The smallest absolute Gasteiger partial charge is 0.225 e. The molecule has 8 nitrogen and oxygen atoms in total. The quantitative estimate of drug-likeness (QED) is 0.132. The number of fused-ring (bicyclic) bond motifs is 2. The summed E-state index contributed by atoms with van der Waals surface area (Å²) in [4.78, 5) is 17.0. The molecular weight excluding hydrogens is 596 g/mol. The predicted octanol–water partition coefficient (Wildman–Crippen LogP) is 8.34. The molecule has 1 saturated carbocycles. The summed E-state index contributed by atoms with van der Waals surface area (Å²) in [5.41, 5.74) is 7.91. The lowest BCUT2D eigenvalue weighted by atomic mass is 9.86. The molecule has 2 aromatic heterocycles. The van der Waals surface area contributed by atoms with Gasteiger partial charge < -0.3 is 25.0 Å². The number of unbranched alkanes of at least 4 members (excludes halogenated alkanes) is 1. The Morgan fingerprint density at radius 1 is 0.854 bits per heavy atom. The van der Waals surface area contributed by atoms with E-state index in [1.54, 1.807) is 14.2 Å². The Morgan fingerprint density at radius 3 is 2.40 bits per heavy atom. The number of nitrogens with one attached hydrogen (secondary N) is 2. The van der Waals surface area contributed by atoms with Gasteiger partial charge in [0.25, 0.3) is 0 Å². The van der Waals surface area contributed by atoms with E-state index in [9.17, 15) is 0 Å². The molecule has 5 aromatic rings. The lowest BCUT2D eigenvalue weighted by Gasteiger charge is -2.29. The van der Waals surface area contributed by atoms with Gasteiger partial charge in [0.15, 0.2) is 11.5 Å². The van der Waals surface area contributed by atoms with Gasteiger partial charge in [-0.2, -0.15) is 4.98 Å². The maximum absolute atomic E-state index is 5.62. The third kappa shape index (κ3) is 7.49. The molecule has 0 aliphatic heterocycles. The summed E-state index contributed by atoms with van der Waals surface area (Å²) in [6, 6.07) is 21.6. The molecule has 0 radical (unpaired) electrons. The fraction of sp³-hybridized carbons (Fsp3) is 0.425. The van der Waals surface area contributed by atoms with Gasteiger partial charge >= 0.3 is 0 Å². The normalized spacial score (nSPS) is 16.3. The minimum atomic E-state index is 0.384. The van der Waals surface area contributed by atoms with Gasteiger partial charge in [-0.15, -0.1) is 0 Å². The molecule has 0 unspecified atom stereocenters. The maximum Gasteiger partial charge on any atom is 0.225 e. The minimum Gasteiger partial charge on any atom is -0.493 e. The van der Waals surface area contributed by atoms with Gasteiger partial charge in [0.1, 0.15) is 5.82 Å². The molecule has 3 aromatic carbocycles. The van der Waals surface area contributed by atoms with Crippen LogP contribution in [0.3, 0.4) is 0 Å². The Labute approximate surface area is 285 Å². The van der Waals surface area contributed by atoms with Crippen molar-refractivity contribution in [1.29, 1.82) is 0 Å². The predicted molar refractivity (Wildman–Crippen MR) is 199 cm³/mol. The van der Waals surface area contributed by atoms with E-state index in [4.69, 9.17) is 24.4 Å². The highest BCUT2D eigenvalue weighted by atomic mass is 16.5. The van der Waals surface area contributed by atoms with Gasteiger partial charge in [0.2, 0.25) is 5.95 Å². The number of ether oxygens (including phenoxy) is 2. The summed E-state index contributed by atoms with van der Waals surface area (Å²) in [7, 11) is 7.41. The molecule has 252 valence electrons. The molecule has 6 rings (SSSR count). The van der Waals surface area contributed by atoms with Crippen molar-refractivity contribution in [3.8, 4) is 22.8 Å². The lowest BCUT2D eigenvalue weighted by molar-refractivity contribution is 0.324. The SMILES string of the molecule is CCCCc1cc(C)c2nc(-c3ccc(OC)c(OC)c3)cc(CNC[C@H]3CC[C@@H](Nc4nc(N(C)C)c5ccccc5n4)CC3)c2c1. The van der Waals surface area contributed by atoms with Crippen molar-refractivity contribution >= 4 is 33.6 Å². The van der Waals surface area contributed by atoms with E-state index < -0.39 is 0 Å². The summed E-state index contributed by atoms with van der Waals surface area (Å²) < 4.78 is 11.1. The largest absolute Gasteiger partial charge is 0.493 e. The number of anilines is 2. The highest BCUT2D eigenvalue weighted by molar-refractivity contribution is 5.90. The van der Waals surface area contributed by atoms with Crippen LogP contribution in [0.15, 0.2) is 60.7 Å². The van der Waals surface area contributed by atoms with E-state index in [0.717, 1.165) is 71.8 Å². The average Bonchev–Trinajstić information content (AvgIpc) is 3.10. The van der Waals surface area contributed by atoms with Crippen LogP contribution in [0.5, 0.6) is 11.5 Å². The van der Waals surface area contributed by atoms with Crippen LogP contribution in [0.1, 0.15) is 62.1 Å². The van der Waals surface area contributed by atoms with Crippen molar-refractivity contribution in [3.63, 3.8) is 0 Å². The summed E-state index contributed by atoms with van der Waals surface area (Å²) in [6.45, 7) is 6.24. The van der Waals surface area contributed by atoms with Crippen LogP contribution in [-0.4, -0.2) is 55.9 Å². The number of para-hydroxylation sites is 1. The van der Waals surface area contributed by atoms with E-state index in [2.05, 4.69) is 65.8 Å². The third-order valence-corrected chi connectivity index (χ3v) is 9.68. The van der Waals surface area contributed by atoms with Crippen LogP contribution in [0.4, 0.5) is 11.8 Å². The molecule has 8 heteroatoms. The first kappa shape index (κ1) is 33.5. The summed E-state index contributed by atoms with van der Waals surface area (Å²) in [5, 5.41) is 9.83. The monoisotopic (exact) mass is 646 g/mol. The fourth-order valence-electron chi connectivity index (χ4n) is 7.03. The second kappa shape index (κ2) is 15.2. The minimum absolute atomic E-state index is 0.384. The highest BCUT2D eigenvalue weighted by Crippen LogP contribution is 2.35. The van der Waals surface area contributed by atoms with Gasteiger partial charge in [-0.1, -0.05) is 31.5 Å². The van der Waals surface area contributed by atoms with Crippen molar-refractivity contribution in [2.75, 3.05) is 45.1 Å². The van der Waals surface area contributed by atoms with E-state index in [0.29, 0.717) is 23.5 Å². The van der Waals surface area contributed by atoms with Crippen LogP contribution in [0.2, 0.25) is 0 Å². The molecule has 0 atom stereocenters. The number of nitrogens with zero attached hydrogens (tertiary/aromatic N) is 4. The number of benzene rings is 3. The molecule has 1 aliphatic rings. The van der Waals surface area contributed by atoms with E-state index in [-0.39, 0.29) is 0 Å². The topological polar surface area (TPSA) is 84.4 Å². The Bertz CT molecular complexity index is 1870. The number of hydrogen-bond donors (Lipinski definition) is 2. The van der Waals surface area contributed by atoms with Crippen molar-refractivity contribution in [2.45, 2.75) is 71.4 Å². The number of aryl methyl sites for hydroxylation is 2. The number of hydrogen-bond acceptors (Lipinski definition) is 8. The molecule has 0 amide bonds. The second-order valence-corrected chi connectivity index (χ2v) is 13.4. The number of methoxy groups -OCH3 is 2. The average molecular weight is 647 g/mol. The van der Waals surface area contributed by atoms with Crippen molar-refractivity contribution < 1.29 is 9.47 Å². The van der Waals surface area contributed by atoms with Crippen LogP contribution in [0.25, 0.3) is 33.1 Å². The van der Waals surface area contributed by atoms with Crippen LogP contribution >= 0.6 is 0 Å².